The minimum absolute atomic E-state index is 0.0584. The van der Waals surface area contributed by atoms with Gasteiger partial charge in [-0.15, -0.1) is 21.5 Å². The van der Waals surface area contributed by atoms with Crippen LogP contribution in [-0.4, -0.2) is 33.5 Å². The Kier molecular flexibility index (Phi) is 6.30. The van der Waals surface area contributed by atoms with Gasteiger partial charge >= 0.3 is 0 Å². The largest absolute Gasteiger partial charge is 0.497 e. The van der Waals surface area contributed by atoms with Crippen molar-refractivity contribution >= 4 is 34.8 Å². The smallest absolute Gasteiger partial charge is 0.277 e. The Bertz CT molecular complexity index is 1280. The van der Waals surface area contributed by atoms with Crippen LogP contribution in [0.5, 0.6) is 5.75 Å². The van der Waals surface area contributed by atoms with E-state index in [1.807, 2.05) is 60.2 Å². The Labute approximate surface area is 192 Å². The van der Waals surface area contributed by atoms with E-state index < -0.39 is 0 Å². The summed E-state index contributed by atoms with van der Waals surface area (Å²) in [6.45, 7) is 3.78. The maximum absolute atomic E-state index is 12.7. The number of benzene rings is 1. The van der Waals surface area contributed by atoms with Crippen LogP contribution in [0.15, 0.2) is 51.4 Å². The molecule has 0 aliphatic heterocycles. The van der Waals surface area contributed by atoms with E-state index in [-0.39, 0.29) is 11.7 Å². The number of aromatic nitrogens is 3. The lowest BCUT2D eigenvalue weighted by molar-refractivity contribution is -0.113. The fourth-order valence-electron chi connectivity index (χ4n) is 3.18. The number of rotatable bonds is 7. The molecule has 4 aromatic rings. The maximum Gasteiger partial charge on any atom is 0.277 e. The molecule has 0 saturated heterocycles. The zero-order valence-corrected chi connectivity index (χ0v) is 19.2. The van der Waals surface area contributed by atoms with E-state index in [1.54, 1.807) is 7.11 Å². The van der Waals surface area contributed by atoms with Crippen molar-refractivity contribution in [2.45, 2.75) is 19.1 Å². The zero-order chi connectivity index (χ0) is 22.7. The topological polar surface area (TPSA) is 106 Å². The highest BCUT2D eigenvalue weighted by molar-refractivity contribution is 7.99. The number of ether oxygens (including phenoxy) is 1. The summed E-state index contributed by atoms with van der Waals surface area (Å²) in [5, 5.41) is 22.8. The van der Waals surface area contributed by atoms with Gasteiger partial charge in [-0.05, 0) is 55.1 Å². The molecule has 4 rings (SSSR count). The molecule has 0 spiro atoms. The van der Waals surface area contributed by atoms with Gasteiger partial charge in [0.2, 0.25) is 5.91 Å². The summed E-state index contributed by atoms with van der Waals surface area (Å²) in [6.07, 6.45) is 0. The molecule has 0 aliphatic carbocycles. The van der Waals surface area contributed by atoms with Crippen molar-refractivity contribution in [2.75, 3.05) is 18.2 Å². The lowest BCUT2D eigenvalue weighted by Crippen LogP contribution is -2.17. The van der Waals surface area contributed by atoms with Gasteiger partial charge in [-0.2, -0.15) is 5.26 Å². The van der Waals surface area contributed by atoms with E-state index in [2.05, 4.69) is 21.6 Å². The van der Waals surface area contributed by atoms with E-state index >= 15 is 0 Å². The SMILES string of the molecule is COc1ccc(-n2c(C)c(C)c(C#N)c2NC(=O)CSc2nnc(-c3cccs3)o2)cc1. The lowest BCUT2D eigenvalue weighted by atomic mass is 10.2. The van der Waals surface area contributed by atoms with E-state index in [4.69, 9.17) is 9.15 Å². The highest BCUT2D eigenvalue weighted by Crippen LogP contribution is 2.31. The fourth-order valence-corrected chi connectivity index (χ4v) is 4.39. The molecule has 1 aromatic carbocycles. The van der Waals surface area contributed by atoms with E-state index in [1.165, 1.54) is 11.3 Å². The molecule has 8 nitrogen and oxygen atoms in total. The molecule has 3 aromatic heterocycles. The van der Waals surface area contributed by atoms with Crippen molar-refractivity contribution in [2.24, 2.45) is 0 Å². The Balaban J connectivity index is 1.53. The van der Waals surface area contributed by atoms with Gasteiger partial charge in [0.15, 0.2) is 0 Å². The minimum atomic E-state index is -0.283. The first-order chi connectivity index (χ1) is 15.5. The van der Waals surface area contributed by atoms with Crippen LogP contribution in [0.4, 0.5) is 5.82 Å². The number of methoxy groups -OCH3 is 1. The summed E-state index contributed by atoms with van der Waals surface area (Å²) in [5.41, 5.74) is 2.92. The van der Waals surface area contributed by atoms with Gasteiger partial charge in [-0.1, -0.05) is 17.8 Å². The number of carbonyl (C=O) groups excluding carboxylic acids is 1. The number of hydrogen-bond donors (Lipinski definition) is 1. The highest BCUT2D eigenvalue weighted by Gasteiger charge is 2.21. The number of thioether (sulfide) groups is 1. The van der Waals surface area contributed by atoms with Crippen molar-refractivity contribution < 1.29 is 13.9 Å². The standard InChI is InChI=1S/C22H19N5O3S2/c1-13-14(2)27(15-6-8-16(29-3)9-7-15)20(17(13)11-23)24-19(28)12-32-22-26-25-21(30-22)18-5-4-10-31-18/h4-10H,12H2,1-3H3,(H,24,28). The molecule has 0 aliphatic rings. The van der Waals surface area contributed by atoms with Crippen molar-refractivity contribution in [3.63, 3.8) is 0 Å². The Morgan fingerprint density at radius 3 is 2.72 bits per heavy atom. The summed E-state index contributed by atoms with van der Waals surface area (Å²) in [6, 6.07) is 13.4. The van der Waals surface area contributed by atoms with E-state index in [9.17, 15) is 10.1 Å². The highest BCUT2D eigenvalue weighted by atomic mass is 32.2. The van der Waals surface area contributed by atoms with Gasteiger partial charge in [0, 0.05) is 11.4 Å². The molecule has 0 unspecified atom stereocenters. The van der Waals surface area contributed by atoms with Crippen molar-refractivity contribution in [3.8, 4) is 28.3 Å². The number of thiophene rings is 1. The van der Waals surface area contributed by atoms with Gasteiger partial charge in [0.05, 0.1) is 23.3 Å². The molecular formula is C22H19N5O3S2. The first kappa shape index (κ1) is 21.7. The first-order valence-electron chi connectivity index (χ1n) is 9.58. The van der Waals surface area contributed by atoms with Gasteiger partial charge in [0.25, 0.3) is 11.1 Å². The van der Waals surface area contributed by atoms with Gasteiger partial charge in [-0.25, -0.2) is 0 Å². The molecule has 10 heteroatoms. The summed E-state index contributed by atoms with van der Waals surface area (Å²) in [7, 11) is 1.60. The van der Waals surface area contributed by atoms with Crippen molar-refractivity contribution in [1.82, 2.24) is 14.8 Å². The van der Waals surface area contributed by atoms with Crippen molar-refractivity contribution in [1.29, 1.82) is 5.26 Å². The van der Waals surface area contributed by atoms with Crippen LogP contribution in [0.1, 0.15) is 16.8 Å². The minimum Gasteiger partial charge on any atom is -0.497 e. The molecule has 1 N–H and O–H groups in total. The quantitative estimate of drug-likeness (QED) is 0.390. The third-order valence-corrected chi connectivity index (χ3v) is 6.56. The summed E-state index contributed by atoms with van der Waals surface area (Å²) >= 11 is 2.64. The number of anilines is 1. The molecular weight excluding hydrogens is 446 g/mol. The van der Waals surface area contributed by atoms with Gasteiger partial charge in [0.1, 0.15) is 17.6 Å². The van der Waals surface area contributed by atoms with Crippen LogP contribution in [0, 0.1) is 25.2 Å². The van der Waals surface area contributed by atoms with Crippen LogP contribution < -0.4 is 10.1 Å². The van der Waals surface area contributed by atoms with Gasteiger partial charge in [-0.3, -0.25) is 9.36 Å². The number of nitrogens with zero attached hydrogens (tertiary/aromatic N) is 4. The van der Waals surface area contributed by atoms with Gasteiger partial charge < -0.3 is 14.5 Å². The predicted octanol–water partition coefficient (Wildman–Crippen LogP) is 4.82. The Hall–Kier alpha value is -3.55. The first-order valence-corrected chi connectivity index (χ1v) is 11.4. The normalized spacial score (nSPS) is 10.7. The monoisotopic (exact) mass is 465 g/mol. The number of nitrogens with one attached hydrogen (secondary N) is 1. The Morgan fingerprint density at radius 1 is 1.28 bits per heavy atom. The van der Waals surface area contributed by atoms with Crippen LogP contribution in [0.25, 0.3) is 16.5 Å². The summed E-state index contributed by atoms with van der Waals surface area (Å²) in [5.74, 6) is 1.36. The summed E-state index contributed by atoms with van der Waals surface area (Å²) < 4.78 is 12.7. The molecule has 32 heavy (non-hydrogen) atoms. The number of amides is 1. The lowest BCUT2D eigenvalue weighted by Gasteiger charge is -2.13. The molecule has 3 heterocycles. The van der Waals surface area contributed by atoms with Crippen LogP contribution in [0.3, 0.4) is 0 Å². The third kappa shape index (κ3) is 4.26. The third-order valence-electron chi connectivity index (χ3n) is 4.88. The fraction of sp³-hybridized carbons (Fsp3) is 0.182. The van der Waals surface area contributed by atoms with E-state index in [0.717, 1.165) is 39.3 Å². The number of hydrogen-bond acceptors (Lipinski definition) is 8. The molecule has 0 radical (unpaired) electrons. The van der Waals surface area contributed by atoms with Crippen LogP contribution >= 0.6 is 23.1 Å². The second-order valence-electron chi connectivity index (χ2n) is 6.77. The number of nitriles is 1. The second kappa shape index (κ2) is 9.30. The predicted molar refractivity (Wildman–Crippen MR) is 123 cm³/mol. The maximum atomic E-state index is 12.7. The molecule has 0 fully saturated rings. The Morgan fingerprint density at radius 2 is 2.06 bits per heavy atom. The molecule has 0 atom stereocenters. The van der Waals surface area contributed by atoms with E-state index in [0.29, 0.717) is 22.5 Å². The average molecular weight is 466 g/mol. The summed E-state index contributed by atoms with van der Waals surface area (Å²) in [4.78, 5) is 13.6. The van der Waals surface area contributed by atoms with Crippen molar-refractivity contribution in [3.05, 3.63) is 58.6 Å². The molecule has 0 bridgehead atoms. The second-order valence-corrected chi connectivity index (χ2v) is 8.64. The molecule has 162 valence electrons. The average Bonchev–Trinajstić information content (AvgIpc) is 3.54. The number of carbonyl (C=O) groups is 1. The van der Waals surface area contributed by atoms with Crippen LogP contribution in [0.2, 0.25) is 0 Å². The van der Waals surface area contributed by atoms with Crippen LogP contribution in [-0.2, 0) is 4.79 Å². The molecule has 1 amide bonds. The molecule has 0 saturated carbocycles. The zero-order valence-electron chi connectivity index (χ0n) is 17.6.